The Kier molecular flexibility index (Phi) is 5.58. The number of nitrogens with zero attached hydrogens (tertiary/aromatic N) is 1. The average Bonchev–Trinajstić information content (AvgIpc) is 2.49. The van der Waals surface area contributed by atoms with Crippen molar-refractivity contribution in [3.05, 3.63) is 54.4 Å². The Morgan fingerprint density at radius 2 is 2.00 bits per heavy atom. The molecule has 0 spiro atoms. The Labute approximate surface area is 122 Å². The van der Waals surface area contributed by atoms with E-state index in [9.17, 15) is 4.79 Å². The van der Waals surface area contributed by atoms with Crippen molar-refractivity contribution in [1.29, 1.82) is 0 Å². The highest BCUT2D eigenvalue weighted by Crippen LogP contribution is 2.19. The number of anilines is 1. The summed E-state index contributed by atoms with van der Waals surface area (Å²) in [5.41, 5.74) is 1.77. The highest BCUT2D eigenvalue weighted by molar-refractivity contribution is 8.00. The maximum atomic E-state index is 12.0. The second-order valence-corrected chi connectivity index (χ2v) is 5.16. The predicted octanol–water partition coefficient (Wildman–Crippen LogP) is 2.96. The van der Waals surface area contributed by atoms with Crippen LogP contribution in [-0.4, -0.2) is 23.8 Å². The number of aromatic nitrogens is 1. The van der Waals surface area contributed by atoms with Gasteiger partial charge in [0.15, 0.2) is 0 Å². The Morgan fingerprint density at radius 3 is 2.75 bits per heavy atom. The van der Waals surface area contributed by atoms with E-state index in [1.54, 1.807) is 19.5 Å². The summed E-state index contributed by atoms with van der Waals surface area (Å²) < 4.78 is 5.12. The summed E-state index contributed by atoms with van der Waals surface area (Å²) in [4.78, 5) is 16.9. The molecule has 1 N–H and O–H groups in total. The van der Waals surface area contributed by atoms with Crippen molar-refractivity contribution in [2.24, 2.45) is 0 Å². The number of ether oxygens (including phenoxy) is 1. The normalized spacial score (nSPS) is 10.2. The zero-order chi connectivity index (χ0) is 14.2. The zero-order valence-electron chi connectivity index (χ0n) is 11.2. The number of hydrogen-bond donors (Lipinski definition) is 1. The Morgan fingerprint density at radius 1 is 1.25 bits per heavy atom. The fourth-order valence-electron chi connectivity index (χ4n) is 1.69. The lowest BCUT2D eigenvalue weighted by atomic mass is 10.2. The number of rotatable bonds is 6. The van der Waals surface area contributed by atoms with Crippen LogP contribution in [0.15, 0.2) is 53.7 Å². The van der Waals surface area contributed by atoms with E-state index in [4.69, 9.17) is 4.74 Å². The van der Waals surface area contributed by atoms with Crippen LogP contribution in [0.2, 0.25) is 0 Å². The fraction of sp³-hybridized carbons (Fsp3) is 0.200. The van der Waals surface area contributed by atoms with Crippen LogP contribution < -0.4 is 5.32 Å². The molecule has 2 aromatic rings. The van der Waals surface area contributed by atoms with Gasteiger partial charge in [-0.05, 0) is 18.2 Å². The van der Waals surface area contributed by atoms with Crippen LogP contribution in [0.25, 0.3) is 0 Å². The second kappa shape index (κ2) is 7.67. The van der Waals surface area contributed by atoms with Crippen molar-refractivity contribution in [2.75, 3.05) is 18.2 Å². The summed E-state index contributed by atoms with van der Waals surface area (Å²) in [7, 11) is 1.64. The van der Waals surface area contributed by atoms with Gasteiger partial charge in [-0.2, -0.15) is 0 Å². The van der Waals surface area contributed by atoms with E-state index < -0.39 is 0 Å². The number of benzene rings is 1. The molecule has 0 aliphatic carbocycles. The number of hydrogen-bond acceptors (Lipinski definition) is 4. The minimum Gasteiger partial charge on any atom is -0.380 e. The first-order valence-corrected chi connectivity index (χ1v) is 7.17. The number of para-hydroxylation sites is 1. The lowest BCUT2D eigenvalue weighted by Crippen LogP contribution is -2.15. The van der Waals surface area contributed by atoms with Gasteiger partial charge in [0, 0.05) is 35.6 Å². The molecule has 0 unspecified atom stereocenters. The van der Waals surface area contributed by atoms with Crippen molar-refractivity contribution in [2.45, 2.75) is 11.5 Å². The first-order valence-electron chi connectivity index (χ1n) is 6.19. The van der Waals surface area contributed by atoms with E-state index in [-0.39, 0.29) is 5.91 Å². The second-order valence-electron chi connectivity index (χ2n) is 4.11. The SMILES string of the molecule is COCc1ccccc1NC(=O)CSc1ccncc1. The molecule has 1 amide bonds. The van der Waals surface area contributed by atoms with Gasteiger partial charge in [0.1, 0.15) is 0 Å². The molecule has 2 rings (SSSR count). The smallest absolute Gasteiger partial charge is 0.234 e. The maximum Gasteiger partial charge on any atom is 0.234 e. The molecule has 1 heterocycles. The van der Waals surface area contributed by atoms with E-state index in [2.05, 4.69) is 10.3 Å². The van der Waals surface area contributed by atoms with Crippen LogP contribution in [0.1, 0.15) is 5.56 Å². The Hall–Kier alpha value is -1.85. The minimum absolute atomic E-state index is 0.0321. The molecule has 20 heavy (non-hydrogen) atoms. The molecule has 0 saturated heterocycles. The molecule has 0 radical (unpaired) electrons. The van der Waals surface area contributed by atoms with E-state index >= 15 is 0 Å². The number of carbonyl (C=O) groups excluding carboxylic acids is 1. The molecular weight excluding hydrogens is 272 g/mol. The number of amides is 1. The number of carbonyl (C=O) groups is 1. The van der Waals surface area contributed by atoms with E-state index in [0.29, 0.717) is 12.4 Å². The first-order chi connectivity index (χ1) is 9.79. The van der Waals surface area contributed by atoms with Crippen molar-refractivity contribution in [1.82, 2.24) is 4.98 Å². The largest absolute Gasteiger partial charge is 0.380 e. The van der Waals surface area contributed by atoms with Gasteiger partial charge in [0.25, 0.3) is 0 Å². The third kappa shape index (κ3) is 4.36. The molecule has 4 nitrogen and oxygen atoms in total. The highest BCUT2D eigenvalue weighted by atomic mass is 32.2. The lowest BCUT2D eigenvalue weighted by Gasteiger charge is -2.10. The van der Waals surface area contributed by atoms with Gasteiger partial charge in [-0.1, -0.05) is 18.2 Å². The quantitative estimate of drug-likeness (QED) is 0.830. The fourth-order valence-corrected chi connectivity index (χ4v) is 2.38. The molecular formula is C15H16N2O2S. The first kappa shape index (κ1) is 14.6. The van der Waals surface area contributed by atoms with Gasteiger partial charge in [-0.3, -0.25) is 9.78 Å². The van der Waals surface area contributed by atoms with E-state index in [1.165, 1.54) is 11.8 Å². The average molecular weight is 288 g/mol. The summed E-state index contributed by atoms with van der Waals surface area (Å²) >= 11 is 1.48. The third-order valence-electron chi connectivity index (χ3n) is 2.61. The van der Waals surface area contributed by atoms with Crippen molar-refractivity contribution >= 4 is 23.4 Å². The Bertz CT molecular complexity index is 561. The van der Waals surface area contributed by atoms with Crippen molar-refractivity contribution in [3.63, 3.8) is 0 Å². The zero-order valence-corrected chi connectivity index (χ0v) is 12.0. The van der Waals surface area contributed by atoms with Gasteiger partial charge < -0.3 is 10.1 Å². The predicted molar refractivity (Wildman–Crippen MR) is 80.7 cm³/mol. The standard InChI is InChI=1S/C15H16N2O2S/c1-19-10-12-4-2-3-5-14(12)17-15(18)11-20-13-6-8-16-9-7-13/h2-9H,10-11H2,1H3,(H,17,18). The molecule has 104 valence electrons. The molecule has 0 fully saturated rings. The number of thioether (sulfide) groups is 1. The summed E-state index contributed by atoms with van der Waals surface area (Å²) in [6.45, 7) is 0.480. The topological polar surface area (TPSA) is 51.2 Å². The molecule has 0 aliphatic rings. The monoisotopic (exact) mass is 288 g/mol. The molecule has 1 aromatic heterocycles. The van der Waals surface area contributed by atoms with Crippen LogP contribution in [0.4, 0.5) is 5.69 Å². The molecule has 5 heteroatoms. The molecule has 0 aliphatic heterocycles. The summed E-state index contributed by atoms with van der Waals surface area (Å²) in [6.07, 6.45) is 3.43. The molecule has 0 atom stereocenters. The van der Waals surface area contributed by atoms with Crippen molar-refractivity contribution in [3.8, 4) is 0 Å². The number of nitrogens with one attached hydrogen (secondary N) is 1. The summed E-state index contributed by atoms with van der Waals surface area (Å²) in [6, 6.07) is 11.4. The van der Waals surface area contributed by atoms with Crippen LogP contribution >= 0.6 is 11.8 Å². The minimum atomic E-state index is -0.0321. The molecule has 0 bridgehead atoms. The van der Waals surface area contributed by atoms with E-state index in [0.717, 1.165) is 16.1 Å². The van der Waals surface area contributed by atoms with Gasteiger partial charge in [0.2, 0.25) is 5.91 Å². The van der Waals surface area contributed by atoms with Gasteiger partial charge in [0.05, 0.1) is 12.4 Å². The van der Waals surface area contributed by atoms with Crippen LogP contribution in [0, 0.1) is 0 Å². The lowest BCUT2D eigenvalue weighted by molar-refractivity contribution is -0.113. The van der Waals surface area contributed by atoms with Crippen molar-refractivity contribution < 1.29 is 9.53 Å². The van der Waals surface area contributed by atoms with Crippen LogP contribution in [0.5, 0.6) is 0 Å². The molecule has 1 aromatic carbocycles. The summed E-state index contributed by atoms with van der Waals surface area (Å²) in [5, 5.41) is 2.91. The molecule has 0 saturated carbocycles. The third-order valence-corrected chi connectivity index (χ3v) is 3.62. The number of pyridine rings is 1. The van der Waals surface area contributed by atoms with E-state index in [1.807, 2.05) is 36.4 Å². The maximum absolute atomic E-state index is 12.0. The summed E-state index contributed by atoms with van der Waals surface area (Å²) in [5.74, 6) is 0.334. The van der Waals surface area contributed by atoms with Crippen LogP contribution in [0.3, 0.4) is 0 Å². The van der Waals surface area contributed by atoms with Gasteiger partial charge in [-0.25, -0.2) is 0 Å². The highest BCUT2D eigenvalue weighted by Gasteiger charge is 2.07. The Balaban J connectivity index is 1.91. The number of methoxy groups -OCH3 is 1. The van der Waals surface area contributed by atoms with Crippen LogP contribution in [-0.2, 0) is 16.1 Å². The van der Waals surface area contributed by atoms with Gasteiger partial charge >= 0.3 is 0 Å². The van der Waals surface area contributed by atoms with Gasteiger partial charge in [-0.15, -0.1) is 11.8 Å².